The molecule has 0 fully saturated rings. The third-order valence-corrected chi connectivity index (χ3v) is 6.41. The minimum absolute atomic E-state index is 0.374. The van der Waals surface area contributed by atoms with E-state index in [1.165, 1.54) is 41.5 Å². The molecular weight excluding hydrogens is 388 g/mol. The summed E-state index contributed by atoms with van der Waals surface area (Å²) in [6.45, 7) is 2.26. The zero-order valence-electron chi connectivity index (χ0n) is 19.1. The Hall–Kier alpha value is -3.13. The predicted octanol–water partition coefficient (Wildman–Crippen LogP) is 7.82. The number of rotatable bonds is 11. The molecule has 0 saturated carbocycles. The van der Waals surface area contributed by atoms with Crippen LogP contribution in [0.25, 0.3) is 0 Å². The van der Waals surface area contributed by atoms with E-state index in [9.17, 15) is 0 Å². The molecule has 1 atom stereocenters. The maximum atomic E-state index is 4.29. The van der Waals surface area contributed by atoms with E-state index in [1.807, 2.05) is 12.5 Å². The highest BCUT2D eigenvalue weighted by Crippen LogP contribution is 2.30. The van der Waals surface area contributed by atoms with E-state index in [0.717, 1.165) is 19.3 Å². The van der Waals surface area contributed by atoms with Gasteiger partial charge in [0.1, 0.15) is 0 Å². The van der Waals surface area contributed by atoms with Gasteiger partial charge in [-0.25, -0.2) is 4.98 Å². The van der Waals surface area contributed by atoms with Crippen LogP contribution in [0.4, 0.5) is 0 Å². The van der Waals surface area contributed by atoms with Crippen molar-refractivity contribution in [3.05, 3.63) is 126 Å². The van der Waals surface area contributed by atoms with Gasteiger partial charge in [-0.05, 0) is 47.9 Å². The lowest BCUT2D eigenvalue weighted by atomic mass is 9.86. The molecule has 32 heavy (non-hydrogen) atoms. The standard InChI is InChI=1S/C30H34N2/c1-2-3-20-30(32-22-21-31-24-32)28-18-10-12-25(23-28)13-11-19-29(26-14-6-4-7-15-26)27-16-8-5-9-17-27/h4-10,12,14-18,21-24,29-30H,2-3,11,13,19-20H2,1H3. The Morgan fingerprint density at radius 1 is 0.750 bits per heavy atom. The van der Waals surface area contributed by atoms with E-state index in [1.54, 1.807) is 0 Å². The van der Waals surface area contributed by atoms with Crippen molar-refractivity contribution in [2.45, 2.75) is 57.4 Å². The molecule has 2 nitrogen and oxygen atoms in total. The first-order valence-corrected chi connectivity index (χ1v) is 12.0. The van der Waals surface area contributed by atoms with E-state index in [4.69, 9.17) is 0 Å². The first kappa shape index (κ1) is 22.1. The van der Waals surface area contributed by atoms with Gasteiger partial charge in [0, 0.05) is 18.3 Å². The Kier molecular flexibility index (Phi) is 7.92. The average Bonchev–Trinajstić information content (AvgIpc) is 3.38. The highest BCUT2D eigenvalue weighted by molar-refractivity contribution is 5.32. The van der Waals surface area contributed by atoms with Crippen molar-refractivity contribution in [3.63, 3.8) is 0 Å². The van der Waals surface area contributed by atoms with Crippen molar-refractivity contribution in [2.24, 2.45) is 0 Å². The van der Waals surface area contributed by atoms with Gasteiger partial charge < -0.3 is 4.57 Å². The summed E-state index contributed by atoms with van der Waals surface area (Å²) in [4.78, 5) is 4.29. The number of imidazole rings is 1. The van der Waals surface area contributed by atoms with E-state index < -0.39 is 0 Å². The van der Waals surface area contributed by atoms with Gasteiger partial charge in [0.25, 0.3) is 0 Å². The lowest BCUT2D eigenvalue weighted by Gasteiger charge is -2.20. The minimum atomic E-state index is 0.374. The number of benzene rings is 3. The van der Waals surface area contributed by atoms with Crippen molar-refractivity contribution in [3.8, 4) is 0 Å². The molecule has 0 aliphatic carbocycles. The Balaban J connectivity index is 1.46. The van der Waals surface area contributed by atoms with Crippen LogP contribution in [0.2, 0.25) is 0 Å². The fourth-order valence-corrected chi connectivity index (χ4v) is 4.70. The van der Waals surface area contributed by atoms with E-state index >= 15 is 0 Å². The zero-order valence-corrected chi connectivity index (χ0v) is 19.1. The molecule has 0 amide bonds. The molecule has 4 aromatic rings. The van der Waals surface area contributed by atoms with Gasteiger partial charge in [-0.15, -0.1) is 0 Å². The second-order valence-electron chi connectivity index (χ2n) is 8.68. The van der Waals surface area contributed by atoms with Crippen LogP contribution in [0.15, 0.2) is 104 Å². The summed E-state index contributed by atoms with van der Waals surface area (Å²) in [5.41, 5.74) is 5.65. The summed E-state index contributed by atoms with van der Waals surface area (Å²) in [7, 11) is 0. The lowest BCUT2D eigenvalue weighted by Crippen LogP contribution is -2.09. The molecule has 2 heteroatoms. The van der Waals surface area contributed by atoms with Crippen LogP contribution in [0.5, 0.6) is 0 Å². The van der Waals surface area contributed by atoms with Crippen LogP contribution in [-0.2, 0) is 6.42 Å². The maximum Gasteiger partial charge on any atom is 0.0951 e. The zero-order chi connectivity index (χ0) is 22.0. The van der Waals surface area contributed by atoms with Crippen LogP contribution in [0, 0.1) is 0 Å². The third-order valence-electron chi connectivity index (χ3n) is 6.41. The molecule has 0 aliphatic heterocycles. The molecular formula is C30H34N2. The summed E-state index contributed by atoms with van der Waals surface area (Å²) in [5.74, 6) is 0.448. The van der Waals surface area contributed by atoms with E-state index in [2.05, 4.69) is 108 Å². The predicted molar refractivity (Wildman–Crippen MR) is 134 cm³/mol. The quantitative estimate of drug-likeness (QED) is 0.241. The normalized spacial score (nSPS) is 12.2. The molecule has 1 unspecified atom stereocenters. The molecule has 4 rings (SSSR count). The van der Waals surface area contributed by atoms with Gasteiger partial charge in [-0.1, -0.05) is 105 Å². The molecule has 164 valence electrons. The van der Waals surface area contributed by atoms with Crippen LogP contribution in [0.3, 0.4) is 0 Å². The van der Waals surface area contributed by atoms with Gasteiger partial charge in [-0.3, -0.25) is 0 Å². The molecule has 1 heterocycles. The van der Waals surface area contributed by atoms with Crippen molar-refractivity contribution in [1.82, 2.24) is 9.55 Å². The molecule has 1 aromatic heterocycles. The summed E-state index contributed by atoms with van der Waals surface area (Å²) in [5, 5.41) is 0. The second kappa shape index (κ2) is 11.5. The molecule has 3 aromatic carbocycles. The number of aromatic nitrogens is 2. The monoisotopic (exact) mass is 422 g/mol. The fraction of sp³-hybridized carbons (Fsp3) is 0.300. The smallest absolute Gasteiger partial charge is 0.0951 e. The van der Waals surface area contributed by atoms with Crippen molar-refractivity contribution in [2.75, 3.05) is 0 Å². The van der Waals surface area contributed by atoms with Gasteiger partial charge in [-0.2, -0.15) is 0 Å². The molecule has 0 radical (unpaired) electrons. The number of unbranched alkanes of at least 4 members (excludes halogenated alkanes) is 1. The number of aryl methyl sites for hydroxylation is 1. The highest BCUT2D eigenvalue weighted by atomic mass is 15.0. The van der Waals surface area contributed by atoms with Crippen LogP contribution < -0.4 is 0 Å². The Bertz CT molecular complexity index is 999. The van der Waals surface area contributed by atoms with E-state index in [-0.39, 0.29) is 0 Å². The topological polar surface area (TPSA) is 17.8 Å². The summed E-state index contributed by atoms with van der Waals surface area (Å²) in [6, 6.07) is 31.5. The Labute approximate surface area is 193 Å². The van der Waals surface area contributed by atoms with Crippen molar-refractivity contribution < 1.29 is 0 Å². The lowest BCUT2D eigenvalue weighted by molar-refractivity contribution is 0.514. The van der Waals surface area contributed by atoms with Crippen LogP contribution >= 0.6 is 0 Å². The average molecular weight is 423 g/mol. The Morgan fingerprint density at radius 3 is 2.06 bits per heavy atom. The number of nitrogens with zero attached hydrogens (tertiary/aromatic N) is 2. The molecule has 0 bridgehead atoms. The molecule has 0 saturated heterocycles. The van der Waals surface area contributed by atoms with Gasteiger partial charge in [0.15, 0.2) is 0 Å². The fourth-order valence-electron chi connectivity index (χ4n) is 4.70. The summed E-state index contributed by atoms with van der Waals surface area (Å²) in [6.07, 6.45) is 13.0. The largest absolute Gasteiger partial charge is 0.330 e. The van der Waals surface area contributed by atoms with Crippen molar-refractivity contribution >= 4 is 0 Å². The first-order chi connectivity index (χ1) is 15.8. The molecule has 0 aliphatic rings. The van der Waals surface area contributed by atoms with E-state index in [0.29, 0.717) is 12.0 Å². The highest BCUT2D eigenvalue weighted by Gasteiger charge is 2.15. The maximum absolute atomic E-state index is 4.29. The second-order valence-corrected chi connectivity index (χ2v) is 8.68. The molecule has 0 spiro atoms. The van der Waals surface area contributed by atoms with Gasteiger partial charge >= 0.3 is 0 Å². The summed E-state index contributed by atoms with van der Waals surface area (Å²) < 4.78 is 2.26. The third kappa shape index (κ3) is 5.76. The summed E-state index contributed by atoms with van der Waals surface area (Å²) >= 11 is 0. The van der Waals surface area contributed by atoms with Gasteiger partial charge in [0.05, 0.1) is 12.4 Å². The molecule has 0 N–H and O–H groups in total. The van der Waals surface area contributed by atoms with Gasteiger partial charge in [0.2, 0.25) is 0 Å². The van der Waals surface area contributed by atoms with Crippen LogP contribution in [0.1, 0.15) is 73.2 Å². The van der Waals surface area contributed by atoms with Crippen LogP contribution in [-0.4, -0.2) is 9.55 Å². The first-order valence-electron chi connectivity index (χ1n) is 12.0. The van der Waals surface area contributed by atoms with Crippen molar-refractivity contribution in [1.29, 1.82) is 0 Å². The number of hydrogen-bond donors (Lipinski definition) is 0. The SMILES string of the molecule is CCCCC(c1cccc(CCCC(c2ccccc2)c2ccccc2)c1)n1ccnc1. The minimum Gasteiger partial charge on any atom is -0.330 e. The Morgan fingerprint density at radius 2 is 1.44 bits per heavy atom. The number of hydrogen-bond acceptors (Lipinski definition) is 1.